The quantitative estimate of drug-likeness (QED) is 0.318. The Morgan fingerprint density at radius 2 is 1.08 bits per heavy atom. The van der Waals surface area contributed by atoms with Crippen molar-refractivity contribution in [3.63, 3.8) is 0 Å². The van der Waals surface area contributed by atoms with E-state index in [-0.39, 0.29) is 72.0 Å². The number of hydrogen-bond acceptors (Lipinski definition) is 4. The van der Waals surface area contributed by atoms with Crippen LogP contribution in [0.4, 0.5) is 0 Å². The first-order valence-corrected chi connectivity index (χ1v) is 3.02. The van der Waals surface area contributed by atoms with Crippen LogP contribution in [0, 0.1) is 0 Å². The van der Waals surface area contributed by atoms with Gasteiger partial charge in [-0.3, -0.25) is 0 Å². The van der Waals surface area contributed by atoms with Crippen LogP contribution in [0.5, 0.6) is 0 Å². The first kappa shape index (κ1) is 18.7. The van der Waals surface area contributed by atoms with Crippen LogP contribution in [0.25, 0.3) is 0 Å². The maximum Gasteiger partial charge on any atom is 1.00 e. The van der Waals surface area contributed by atoms with Crippen LogP contribution in [-0.2, 0) is 9.59 Å². The molecule has 0 N–H and O–H groups in total. The van der Waals surface area contributed by atoms with E-state index in [2.05, 4.69) is 0 Å². The molecule has 0 rings (SSSR count). The maximum absolute atomic E-state index is 9.77. The van der Waals surface area contributed by atoms with Crippen LogP contribution >= 0.6 is 0 Å². The average molecular weight is 190 g/mol. The molecular formula is C6H8Na2O4. The summed E-state index contributed by atoms with van der Waals surface area (Å²) < 4.78 is 0. The van der Waals surface area contributed by atoms with Gasteiger partial charge in [-0.25, -0.2) is 0 Å². The van der Waals surface area contributed by atoms with E-state index in [1.54, 1.807) is 0 Å². The molecule has 0 aromatic carbocycles. The van der Waals surface area contributed by atoms with Gasteiger partial charge in [-0.1, -0.05) is 0 Å². The summed E-state index contributed by atoms with van der Waals surface area (Å²) in [5, 5.41) is 19.5. The molecule has 0 unspecified atom stereocenters. The fraction of sp³-hybridized carbons (Fsp3) is 0.667. The van der Waals surface area contributed by atoms with Gasteiger partial charge in [-0.2, -0.15) is 0 Å². The second-order valence-electron chi connectivity index (χ2n) is 1.95. The third-order valence-corrected chi connectivity index (χ3v) is 1.01. The number of carbonyl (C=O) groups excluding carboxylic acids is 2. The molecule has 4 nitrogen and oxygen atoms in total. The summed E-state index contributed by atoms with van der Waals surface area (Å²) in [5.41, 5.74) is 0. The smallest absolute Gasteiger partial charge is 0.550 e. The van der Waals surface area contributed by atoms with Crippen LogP contribution in [0.15, 0.2) is 0 Å². The number of carboxylic acid groups (broad SMARTS) is 2. The Bertz CT molecular complexity index is 122. The van der Waals surface area contributed by atoms with Crippen molar-refractivity contribution in [1.82, 2.24) is 0 Å². The van der Waals surface area contributed by atoms with Gasteiger partial charge in [0.15, 0.2) is 0 Å². The monoisotopic (exact) mass is 190 g/mol. The summed E-state index contributed by atoms with van der Waals surface area (Å²) in [7, 11) is 0. The molecule has 0 aromatic rings. The predicted molar refractivity (Wildman–Crippen MR) is 28.5 cm³/mol. The molecule has 0 amide bonds. The van der Waals surface area contributed by atoms with Crippen molar-refractivity contribution in [2.24, 2.45) is 0 Å². The minimum Gasteiger partial charge on any atom is -0.550 e. The molecule has 12 heavy (non-hydrogen) atoms. The van der Waals surface area contributed by atoms with E-state index in [0.29, 0.717) is 12.8 Å². The zero-order valence-corrected chi connectivity index (χ0v) is 11.5. The van der Waals surface area contributed by atoms with Gasteiger partial charge in [0.2, 0.25) is 0 Å². The second-order valence-corrected chi connectivity index (χ2v) is 1.95. The van der Waals surface area contributed by atoms with Gasteiger partial charge < -0.3 is 19.8 Å². The van der Waals surface area contributed by atoms with Crippen molar-refractivity contribution in [2.45, 2.75) is 25.7 Å². The molecule has 6 heteroatoms. The fourth-order valence-electron chi connectivity index (χ4n) is 0.539. The van der Waals surface area contributed by atoms with E-state index in [4.69, 9.17) is 0 Å². The number of unbranched alkanes of at least 4 members (excludes halogenated alkanes) is 1. The first-order chi connectivity index (χ1) is 4.63. The third-order valence-electron chi connectivity index (χ3n) is 1.01. The normalized spacial score (nSPS) is 7.67. The van der Waals surface area contributed by atoms with Crippen molar-refractivity contribution < 1.29 is 78.9 Å². The van der Waals surface area contributed by atoms with Crippen LogP contribution in [0.2, 0.25) is 0 Å². The van der Waals surface area contributed by atoms with Crippen LogP contribution in [0.3, 0.4) is 0 Å². The minimum absolute atomic E-state index is 0. The molecule has 0 bridgehead atoms. The van der Waals surface area contributed by atoms with Crippen LogP contribution in [-0.4, -0.2) is 11.9 Å². The molecule has 0 heterocycles. The van der Waals surface area contributed by atoms with Crippen molar-refractivity contribution in [1.29, 1.82) is 0 Å². The zero-order chi connectivity index (χ0) is 7.98. The van der Waals surface area contributed by atoms with Gasteiger partial charge in [-0.15, -0.1) is 0 Å². The van der Waals surface area contributed by atoms with Gasteiger partial charge in [0.1, 0.15) is 0 Å². The van der Waals surface area contributed by atoms with Crippen molar-refractivity contribution in [3.8, 4) is 0 Å². The van der Waals surface area contributed by atoms with Gasteiger partial charge in [0.25, 0.3) is 0 Å². The SMILES string of the molecule is O=C([O-])CCCCC(=O)[O-].[Na+].[Na+]. The van der Waals surface area contributed by atoms with E-state index in [9.17, 15) is 19.8 Å². The van der Waals surface area contributed by atoms with Gasteiger partial charge in [-0.05, 0) is 25.7 Å². The minimum atomic E-state index is -1.14. The summed E-state index contributed by atoms with van der Waals surface area (Å²) in [6, 6.07) is 0. The number of aliphatic carboxylic acids is 2. The van der Waals surface area contributed by atoms with Gasteiger partial charge >= 0.3 is 59.1 Å². The predicted octanol–water partition coefficient (Wildman–Crippen LogP) is -7.95. The van der Waals surface area contributed by atoms with E-state index in [1.807, 2.05) is 0 Å². The number of rotatable bonds is 5. The van der Waals surface area contributed by atoms with Crippen LogP contribution < -0.4 is 69.3 Å². The van der Waals surface area contributed by atoms with Gasteiger partial charge in [0, 0.05) is 11.9 Å². The molecule has 0 fully saturated rings. The van der Waals surface area contributed by atoms with Crippen molar-refractivity contribution in [3.05, 3.63) is 0 Å². The molecule has 0 radical (unpaired) electrons. The second kappa shape index (κ2) is 11.9. The van der Waals surface area contributed by atoms with E-state index < -0.39 is 11.9 Å². The molecule has 0 spiro atoms. The van der Waals surface area contributed by atoms with Crippen molar-refractivity contribution in [2.75, 3.05) is 0 Å². The van der Waals surface area contributed by atoms with E-state index in [0.717, 1.165) is 0 Å². The standard InChI is InChI=1S/C6H10O4.2Na/c7-5(8)3-1-2-4-6(9)10;;/h1-4H2,(H,7,8)(H,9,10);;/q;2*+1/p-2. The molecule has 58 valence electrons. The molecular weight excluding hydrogens is 182 g/mol. The Kier molecular flexibility index (Phi) is 18.6. The first-order valence-electron chi connectivity index (χ1n) is 3.02. The summed E-state index contributed by atoms with van der Waals surface area (Å²) >= 11 is 0. The Labute approximate surface area is 115 Å². The molecule has 0 aliphatic heterocycles. The third kappa shape index (κ3) is 17.1. The average Bonchev–Trinajstić information content (AvgIpc) is 1.79. The largest absolute Gasteiger partial charge is 1.00 e. The topological polar surface area (TPSA) is 80.3 Å². The number of carbonyl (C=O) groups is 2. The molecule has 0 atom stereocenters. The number of carboxylic acids is 2. The van der Waals surface area contributed by atoms with Gasteiger partial charge in [0.05, 0.1) is 0 Å². The Balaban J connectivity index is -0.000000405. The molecule has 0 aliphatic carbocycles. The van der Waals surface area contributed by atoms with Crippen LogP contribution in [0.1, 0.15) is 25.7 Å². The zero-order valence-electron chi connectivity index (χ0n) is 7.46. The molecule has 0 aliphatic rings. The maximum atomic E-state index is 9.77. The Morgan fingerprint density at radius 3 is 1.25 bits per heavy atom. The molecule has 0 saturated carbocycles. The summed E-state index contributed by atoms with van der Waals surface area (Å²) in [4.78, 5) is 19.5. The summed E-state index contributed by atoms with van der Waals surface area (Å²) in [6.45, 7) is 0. The fourth-order valence-corrected chi connectivity index (χ4v) is 0.539. The van der Waals surface area contributed by atoms with Crippen molar-refractivity contribution >= 4 is 11.9 Å². The molecule has 0 saturated heterocycles. The summed E-state index contributed by atoms with van der Waals surface area (Å²) in [5.74, 6) is -2.28. The molecule has 0 aromatic heterocycles. The summed E-state index contributed by atoms with van der Waals surface area (Å²) in [6.07, 6.45) is 0.535. The Hall–Kier alpha value is 0.940. The number of hydrogen-bond donors (Lipinski definition) is 0. The van der Waals surface area contributed by atoms with E-state index >= 15 is 0 Å². The van der Waals surface area contributed by atoms with E-state index in [1.165, 1.54) is 0 Å². The Morgan fingerprint density at radius 1 is 0.833 bits per heavy atom.